The monoisotopic (exact) mass is 830 g/mol. The summed E-state index contributed by atoms with van der Waals surface area (Å²) in [5.74, 6) is -1.81. The molecule has 0 aromatic rings. The topological polar surface area (TPSA) is 102 Å². The highest BCUT2D eigenvalue weighted by Gasteiger charge is 2.25. The first-order valence-electron chi connectivity index (χ1n) is 24.2. The predicted molar refractivity (Wildman–Crippen MR) is 245 cm³/mol. The van der Waals surface area contributed by atoms with Crippen molar-refractivity contribution in [3.8, 4) is 0 Å². The van der Waals surface area contributed by atoms with Crippen molar-refractivity contribution in [2.24, 2.45) is 0 Å². The summed E-state index contributed by atoms with van der Waals surface area (Å²) >= 11 is 0. The van der Waals surface area contributed by atoms with Gasteiger partial charge in [0.15, 0.2) is 6.10 Å². The quantitative estimate of drug-likeness (QED) is 0.0261. The van der Waals surface area contributed by atoms with Crippen molar-refractivity contribution in [3.63, 3.8) is 0 Å². The number of nitrogens with zero attached hydrogens (tertiary/aromatic N) is 1. The number of carbonyl (C=O) groups excluding carboxylic acids is 3. The normalized spacial score (nSPS) is 13.3. The minimum absolute atomic E-state index is 0.0216. The summed E-state index contributed by atoms with van der Waals surface area (Å²) in [6, 6.07) is -0.735. The summed E-state index contributed by atoms with van der Waals surface area (Å²) < 4.78 is 17.1. The number of hydrogen-bond acceptors (Lipinski definition) is 7. The zero-order chi connectivity index (χ0) is 43.5. The molecule has 2 unspecified atom stereocenters. The first-order chi connectivity index (χ1) is 28.6. The van der Waals surface area contributed by atoms with E-state index in [0.29, 0.717) is 12.8 Å². The number of carboxylic acid groups (broad SMARTS) is 1. The average molecular weight is 830 g/mol. The first kappa shape index (κ1) is 56.3. The SMILES string of the molecule is CCCCCCCC/C=C/C/C=C/C/C=C/CCCC(=O)OCC(COCCC(C(=O)[O-])[N+](C)(C)C)OC(=O)CCCCCCC/C=C/CCCCCCCCCCC. The van der Waals surface area contributed by atoms with Crippen molar-refractivity contribution in [3.05, 3.63) is 48.6 Å². The van der Waals surface area contributed by atoms with Gasteiger partial charge < -0.3 is 28.6 Å². The van der Waals surface area contributed by atoms with Gasteiger partial charge in [-0.25, -0.2) is 0 Å². The zero-order valence-electron chi connectivity index (χ0n) is 38.9. The molecule has 0 heterocycles. The van der Waals surface area contributed by atoms with Crippen molar-refractivity contribution in [1.82, 2.24) is 0 Å². The summed E-state index contributed by atoms with van der Waals surface area (Å²) in [4.78, 5) is 36.9. The number of carbonyl (C=O) groups is 3. The molecular weight excluding hydrogens is 739 g/mol. The number of carboxylic acids is 1. The standard InChI is InChI=1S/C51H91NO7/c1-6-8-10-12-14-16-18-20-22-24-26-28-30-32-34-36-38-40-42-50(54)59-47(45-57-44-43-48(51(55)56)52(3,4)5)46-58-49(53)41-39-37-35-33-31-29-27-25-23-21-19-17-15-13-11-9-7-2/h21,23,26-29,33,35,47-48H,6-20,22,24-25,30-32,34,36-46H2,1-5H3/b23-21+,28-26+,29-27+,35-33+. The largest absolute Gasteiger partial charge is 0.544 e. The molecule has 59 heavy (non-hydrogen) atoms. The number of quaternary nitrogens is 1. The van der Waals surface area contributed by atoms with Gasteiger partial charge in [-0.1, -0.05) is 165 Å². The lowest BCUT2D eigenvalue weighted by molar-refractivity contribution is -0.889. The number of hydrogen-bond donors (Lipinski definition) is 0. The highest BCUT2D eigenvalue weighted by molar-refractivity contribution is 5.70. The van der Waals surface area contributed by atoms with E-state index in [2.05, 4.69) is 62.5 Å². The van der Waals surface area contributed by atoms with Crippen molar-refractivity contribution in [2.75, 3.05) is 41.0 Å². The summed E-state index contributed by atoms with van der Waals surface area (Å²) in [6.07, 6.45) is 50.0. The van der Waals surface area contributed by atoms with Crippen LogP contribution in [0.4, 0.5) is 0 Å². The Morgan fingerprint density at radius 3 is 1.39 bits per heavy atom. The number of ether oxygens (including phenoxy) is 3. The van der Waals surface area contributed by atoms with Gasteiger partial charge in [-0.05, 0) is 70.6 Å². The predicted octanol–water partition coefficient (Wildman–Crippen LogP) is 12.3. The van der Waals surface area contributed by atoms with E-state index < -0.39 is 18.1 Å². The van der Waals surface area contributed by atoms with Crippen LogP contribution in [0.2, 0.25) is 0 Å². The Morgan fingerprint density at radius 1 is 0.508 bits per heavy atom. The van der Waals surface area contributed by atoms with Gasteiger partial charge in [-0.2, -0.15) is 0 Å². The molecule has 0 saturated heterocycles. The van der Waals surface area contributed by atoms with E-state index in [1.54, 1.807) is 21.1 Å². The Morgan fingerprint density at radius 2 is 0.915 bits per heavy atom. The average Bonchev–Trinajstić information content (AvgIpc) is 3.19. The Labute approximate surface area is 363 Å². The van der Waals surface area contributed by atoms with E-state index in [4.69, 9.17) is 14.2 Å². The second kappa shape index (κ2) is 42.0. The maximum Gasteiger partial charge on any atom is 0.306 e. The van der Waals surface area contributed by atoms with Crippen LogP contribution in [0.1, 0.15) is 206 Å². The minimum Gasteiger partial charge on any atom is -0.544 e. The maximum atomic E-state index is 12.7. The fourth-order valence-electron chi connectivity index (χ4n) is 6.91. The van der Waals surface area contributed by atoms with Gasteiger partial charge in [0.25, 0.3) is 0 Å². The molecule has 2 atom stereocenters. The molecule has 0 N–H and O–H groups in total. The molecule has 0 aromatic carbocycles. The lowest BCUT2D eigenvalue weighted by atomic mass is 10.1. The van der Waals surface area contributed by atoms with Crippen LogP contribution >= 0.6 is 0 Å². The highest BCUT2D eigenvalue weighted by atomic mass is 16.6. The molecule has 0 radical (unpaired) electrons. The van der Waals surface area contributed by atoms with Gasteiger partial charge in [0, 0.05) is 19.3 Å². The van der Waals surface area contributed by atoms with Crippen molar-refractivity contribution in [2.45, 2.75) is 219 Å². The van der Waals surface area contributed by atoms with Crippen molar-refractivity contribution in [1.29, 1.82) is 0 Å². The van der Waals surface area contributed by atoms with E-state index in [0.717, 1.165) is 51.4 Å². The Kier molecular flexibility index (Phi) is 40.1. The van der Waals surface area contributed by atoms with Gasteiger partial charge in [0.1, 0.15) is 12.6 Å². The molecule has 0 amide bonds. The number of rotatable bonds is 43. The molecule has 0 bridgehead atoms. The molecule has 0 aliphatic heterocycles. The molecule has 0 aliphatic carbocycles. The van der Waals surface area contributed by atoms with Crippen LogP contribution in [0.3, 0.4) is 0 Å². The lowest BCUT2D eigenvalue weighted by Gasteiger charge is -2.34. The van der Waals surface area contributed by atoms with Gasteiger partial charge in [0.2, 0.25) is 0 Å². The Bertz CT molecular complexity index is 1110. The van der Waals surface area contributed by atoms with E-state index in [-0.39, 0.29) is 49.1 Å². The number of likely N-dealkylation sites (N-methyl/N-ethyl adjacent to an activating group) is 1. The van der Waals surface area contributed by atoms with Gasteiger partial charge in [0.05, 0.1) is 40.3 Å². The Hall–Kier alpha value is -2.71. The van der Waals surface area contributed by atoms with E-state index in [1.165, 1.54) is 116 Å². The fourth-order valence-corrected chi connectivity index (χ4v) is 6.91. The van der Waals surface area contributed by atoms with Crippen molar-refractivity contribution >= 4 is 17.9 Å². The van der Waals surface area contributed by atoms with Gasteiger partial charge >= 0.3 is 11.9 Å². The first-order valence-corrected chi connectivity index (χ1v) is 24.2. The third-order valence-corrected chi connectivity index (χ3v) is 10.7. The second-order valence-electron chi connectivity index (χ2n) is 17.3. The minimum atomic E-state index is -1.13. The molecule has 0 saturated carbocycles. The third-order valence-electron chi connectivity index (χ3n) is 10.7. The summed E-state index contributed by atoms with van der Waals surface area (Å²) in [5, 5.41) is 11.6. The number of aliphatic carboxylic acids is 1. The van der Waals surface area contributed by atoms with Crippen LogP contribution in [-0.2, 0) is 28.6 Å². The van der Waals surface area contributed by atoms with E-state index in [1.807, 2.05) is 0 Å². The molecule has 0 fully saturated rings. The highest BCUT2D eigenvalue weighted by Crippen LogP contribution is 2.14. The van der Waals surface area contributed by atoms with Crippen molar-refractivity contribution < 1.29 is 38.2 Å². The van der Waals surface area contributed by atoms with E-state index >= 15 is 0 Å². The lowest BCUT2D eigenvalue weighted by Crippen LogP contribution is -2.55. The van der Waals surface area contributed by atoms with Crippen LogP contribution in [0, 0.1) is 0 Å². The van der Waals surface area contributed by atoms with Crippen LogP contribution < -0.4 is 5.11 Å². The van der Waals surface area contributed by atoms with Crippen LogP contribution in [0.15, 0.2) is 48.6 Å². The molecule has 0 aliphatic rings. The van der Waals surface area contributed by atoms with Crippen LogP contribution in [0.5, 0.6) is 0 Å². The zero-order valence-corrected chi connectivity index (χ0v) is 38.9. The third kappa shape index (κ3) is 40.5. The molecule has 0 aromatic heterocycles. The maximum absolute atomic E-state index is 12.7. The van der Waals surface area contributed by atoms with Crippen LogP contribution in [-0.4, -0.2) is 75.5 Å². The number of unbranched alkanes of at least 4 members (excludes halogenated alkanes) is 21. The smallest absolute Gasteiger partial charge is 0.306 e. The second-order valence-corrected chi connectivity index (χ2v) is 17.3. The summed E-state index contributed by atoms with van der Waals surface area (Å²) in [7, 11) is 5.39. The van der Waals surface area contributed by atoms with E-state index in [9.17, 15) is 19.5 Å². The molecule has 0 spiro atoms. The number of esters is 2. The molecule has 8 heteroatoms. The Balaban J connectivity index is 4.38. The molecule has 342 valence electrons. The number of allylic oxidation sites excluding steroid dienone is 8. The van der Waals surface area contributed by atoms with Crippen LogP contribution in [0.25, 0.3) is 0 Å². The fraction of sp³-hybridized carbons (Fsp3) is 0.784. The summed E-state index contributed by atoms with van der Waals surface area (Å²) in [6.45, 7) is 4.60. The van der Waals surface area contributed by atoms with Gasteiger partial charge in [-0.3, -0.25) is 9.59 Å². The molecule has 0 rings (SSSR count). The summed E-state index contributed by atoms with van der Waals surface area (Å²) in [5.41, 5.74) is 0. The molecule has 8 nitrogen and oxygen atoms in total. The molecular formula is C51H91NO7. The van der Waals surface area contributed by atoms with Gasteiger partial charge in [-0.15, -0.1) is 0 Å².